The van der Waals surface area contributed by atoms with Gasteiger partial charge in [-0.2, -0.15) is 13.2 Å². The fourth-order valence-corrected chi connectivity index (χ4v) is 1.84. The minimum absolute atomic E-state index is 0.270. The molecule has 2 nitrogen and oxygen atoms in total. The molecule has 0 unspecified atom stereocenters. The summed E-state index contributed by atoms with van der Waals surface area (Å²) in [5, 5.41) is 0. The highest BCUT2D eigenvalue weighted by Gasteiger charge is 2.35. The Bertz CT molecular complexity index is 429. The maximum atomic E-state index is 12.9. The summed E-state index contributed by atoms with van der Waals surface area (Å²) >= 11 is 0. The van der Waals surface area contributed by atoms with E-state index in [2.05, 4.69) is 0 Å². The Hall–Kier alpha value is -1.52. The van der Waals surface area contributed by atoms with Crippen molar-refractivity contribution in [3.05, 3.63) is 35.4 Å². The van der Waals surface area contributed by atoms with Gasteiger partial charge in [0.25, 0.3) is 5.91 Å². The molecule has 0 spiro atoms. The van der Waals surface area contributed by atoms with E-state index < -0.39 is 17.6 Å². The number of carbonyl (C=O) groups is 1. The third-order valence-corrected chi connectivity index (χ3v) is 2.91. The van der Waals surface area contributed by atoms with Gasteiger partial charge in [0.1, 0.15) is 0 Å². The number of rotatable bonds is 5. The molecule has 19 heavy (non-hydrogen) atoms. The molecule has 5 heteroatoms. The van der Waals surface area contributed by atoms with Crippen LogP contribution >= 0.6 is 0 Å². The molecule has 0 radical (unpaired) electrons. The zero-order valence-corrected chi connectivity index (χ0v) is 11.1. The molecule has 0 saturated carbocycles. The first-order chi connectivity index (χ1) is 8.91. The average Bonchev–Trinajstić information content (AvgIpc) is 2.38. The lowest BCUT2D eigenvalue weighted by Gasteiger charge is -2.22. The van der Waals surface area contributed by atoms with Crippen LogP contribution in [0.15, 0.2) is 24.3 Å². The zero-order valence-electron chi connectivity index (χ0n) is 11.1. The van der Waals surface area contributed by atoms with Crippen molar-refractivity contribution >= 4 is 5.91 Å². The van der Waals surface area contributed by atoms with Gasteiger partial charge in [-0.15, -0.1) is 0 Å². The van der Waals surface area contributed by atoms with Crippen molar-refractivity contribution in [2.45, 2.75) is 32.9 Å². The standard InChI is InChI=1S/C14H18F3NO/c1-3-5-10-18(4-2)13(19)11-8-6-7-9-12(11)14(15,16)17/h6-9H,3-5,10H2,1-2H3. The highest BCUT2D eigenvalue weighted by atomic mass is 19.4. The van der Waals surface area contributed by atoms with Gasteiger partial charge in [0.2, 0.25) is 0 Å². The SMILES string of the molecule is CCCCN(CC)C(=O)c1ccccc1C(F)(F)F. The second-order valence-corrected chi connectivity index (χ2v) is 4.28. The van der Waals surface area contributed by atoms with Gasteiger partial charge in [-0.3, -0.25) is 4.79 Å². The Kier molecular flexibility index (Phi) is 5.39. The Morgan fingerprint density at radius 3 is 2.37 bits per heavy atom. The van der Waals surface area contributed by atoms with E-state index in [1.165, 1.54) is 23.1 Å². The summed E-state index contributed by atoms with van der Waals surface area (Å²) in [5.74, 6) is -0.552. The van der Waals surface area contributed by atoms with Crippen molar-refractivity contribution in [1.82, 2.24) is 4.90 Å². The monoisotopic (exact) mass is 273 g/mol. The van der Waals surface area contributed by atoms with Gasteiger partial charge in [-0.1, -0.05) is 25.5 Å². The van der Waals surface area contributed by atoms with Gasteiger partial charge in [-0.25, -0.2) is 0 Å². The second-order valence-electron chi connectivity index (χ2n) is 4.28. The quantitative estimate of drug-likeness (QED) is 0.795. The fraction of sp³-hybridized carbons (Fsp3) is 0.500. The van der Waals surface area contributed by atoms with E-state index >= 15 is 0 Å². The molecule has 1 rings (SSSR count). The topological polar surface area (TPSA) is 20.3 Å². The summed E-state index contributed by atoms with van der Waals surface area (Å²) in [6, 6.07) is 4.93. The van der Waals surface area contributed by atoms with Crippen LogP contribution in [0, 0.1) is 0 Å². The lowest BCUT2D eigenvalue weighted by molar-refractivity contribution is -0.138. The maximum absolute atomic E-state index is 12.9. The molecule has 0 aliphatic carbocycles. The fourth-order valence-electron chi connectivity index (χ4n) is 1.84. The average molecular weight is 273 g/mol. The molecule has 0 aliphatic rings. The highest BCUT2D eigenvalue weighted by molar-refractivity contribution is 5.95. The molecular weight excluding hydrogens is 255 g/mol. The molecule has 0 saturated heterocycles. The van der Waals surface area contributed by atoms with Crippen LogP contribution in [-0.2, 0) is 6.18 Å². The minimum atomic E-state index is -4.50. The van der Waals surface area contributed by atoms with E-state index in [1.54, 1.807) is 6.92 Å². The normalized spacial score (nSPS) is 11.4. The van der Waals surface area contributed by atoms with Crippen molar-refractivity contribution in [3.63, 3.8) is 0 Å². The summed E-state index contributed by atoms with van der Waals surface area (Å²) in [5.41, 5.74) is -1.14. The van der Waals surface area contributed by atoms with E-state index in [-0.39, 0.29) is 5.56 Å². The number of halogens is 3. The molecule has 0 N–H and O–H groups in total. The number of hydrogen-bond acceptors (Lipinski definition) is 1. The van der Waals surface area contributed by atoms with E-state index in [9.17, 15) is 18.0 Å². The number of hydrogen-bond donors (Lipinski definition) is 0. The number of alkyl halides is 3. The summed E-state index contributed by atoms with van der Waals surface area (Å²) in [6.07, 6.45) is -2.82. The number of nitrogens with zero attached hydrogens (tertiary/aromatic N) is 1. The molecule has 1 aromatic carbocycles. The highest BCUT2D eigenvalue weighted by Crippen LogP contribution is 2.32. The molecule has 0 aliphatic heterocycles. The van der Waals surface area contributed by atoms with Crippen LogP contribution in [0.5, 0.6) is 0 Å². The van der Waals surface area contributed by atoms with E-state index in [4.69, 9.17) is 0 Å². The van der Waals surface area contributed by atoms with Gasteiger partial charge >= 0.3 is 6.18 Å². The van der Waals surface area contributed by atoms with Crippen molar-refractivity contribution in [1.29, 1.82) is 0 Å². The van der Waals surface area contributed by atoms with Crippen molar-refractivity contribution in [2.75, 3.05) is 13.1 Å². The molecule has 106 valence electrons. The molecule has 1 aromatic rings. The molecule has 0 fully saturated rings. The third kappa shape index (κ3) is 3.98. The Balaban J connectivity index is 3.05. The van der Waals surface area contributed by atoms with E-state index in [0.29, 0.717) is 13.1 Å². The summed E-state index contributed by atoms with van der Waals surface area (Å²) < 4.78 is 38.6. The molecule has 0 atom stereocenters. The maximum Gasteiger partial charge on any atom is 0.417 e. The molecule has 0 aromatic heterocycles. The summed E-state index contributed by atoms with van der Waals surface area (Å²) in [4.78, 5) is 13.6. The zero-order chi connectivity index (χ0) is 14.5. The minimum Gasteiger partial charge on any atom is -0.339 e. The van der Waals surface area contributed by atoms with Crippen molar-refractivity contribution in [3.8, 4) is 0 Å². The Morgan fingerprint density at radius 1 is 1.21 bits per heavy atom. The molecular formula is C14H18F3NO. The van der Waals surface area contributed by atoms with E-state index in [0.717, 1.165) is 18.9 Å². The van der Waals surface area contributed by atoms with Gasteiger partial charge in [0, 0.05) is 13.1 Å². The molecule has 1 amide bonds. The summed E-state index contributed by atoms with van der Waals surface area (Å²) in [7, 11) is 0. The van der Waals surface area contributed by atoms with Gasteiger partial charge in [-0.05, 0) is 25.5 Å². The van der Waals surface area contributed by atoms with E-state index in [1.807, 2.05) is 6.92 Å². The van der Waals surface area contributed by atoms with Gasteiger partial charge in [0.05, 0.1) is 11.1 Å². The van der Waals surface area contributed by atoms with Crippen LogP contribution in [0.3, 0.4) is 0 Å². The lowest BCUT2D eigenvalue weighted by atomic mass is 10.1. The first-order valence-corrected chi connectivity index (χ1v) is 6.37. The first kappa shape index (κ1) is 15.5. The van der Waals surface area contributed by atoms with Crippen LogP contribution in [0.25, 0.3) is 0 Å². The first-order valence-electron chi connectivity index (χ1n) is 6.37. The third-order valence-electron chi connectivity index (χ3n) is 2.91. The lowest BCUT2D eigenvalue weighted by Crippen LogP contribution is -2.33. The largest absolute Gasteiger partial charge is 0.417 e. The molecule has 0 bridgehead atoms. The van der Waals surface area contributed by atoms with Crippen molar-refractivity contribution < 1.29 is 18.0 Å². The van der Waals surface area contributed by atoms with Crippen LogP contribution < -0.4 is 0 Å². The number of carbonyl (C=O) groups excluding carboxylic acids is 1. The Labute approximate surface area is 111 Å². The van der Waals surface area contributed by atoms with Crippen LogP contribution in [0.2, 0.25) is 0 Å². The predicted octanol–water partition coefficient (Wildman–Crippen LogP) is 3.97. The number of unbranched alkanes of at least 4 members (excludes halogenated alkanes) is 1. The van der Waals surface area contributed by atoms with Gasteiger partial charge < -0.3 is 4.90 Å². The number of amides is 1. The van der Waals surface area contributed by atoms with Gasteiger partial charge in [0.15, 0.2) is 0 Å². The van der Waals surface area contributed by atoms with Crippen LogP contribution in [0.4, 0.5) is 13.2 Å². The van der Waals surface area contributed by atoms with Crippen LogP contribution in [-0.4, -0.2) is 23.9 Å². The number of benzene rings is 1. The van der Waals surface area contributed by atoms with Crippen molar-refractivity contribution in [2.24, 2.45) is 0 Å². The second kappa shape index (κ2) is 6.59. The predicted molar refractivity (Wildman–Crippen MR) is 67.9 cm³/mol. The Morgan fingerprint density at radius 2 is 1.84 bits per heavy atom. The summed E-state index contributed by atoms with van der Waals surface area (Å²) in [6.45, 7) is 4.63. The smallest absolute Gasteiger partial charge is 0.339 e. The van der Waals surface area contributed by atoms with Crippen LogP contribution in [0.1, 0.15) is 42.6 Å². The molecule has 0 heterocycles.